The minimum absolute atomic E-state index is 0.0237. The van der Waals surface area contributed by atoms with Crippen LogP contribution in [0, 0.1) is 0 Å². The Morgan fingerprint density at radius 1 is 1.00 bits per heavy atom. The summed E-state index contributed by atoms with van der Waals surface area (Å²) in [6.45, 7) is 6.20. The molecule has 1 saturated heterocycles. The first-order chi connectivity index (χ1) is 13.8. The lowest BCUT2D eigenvalue weighted by molar-refractivity contribution is -0.116. The Bertz CT molecular complexity index is 757. The van der Waals surface area contributed by atoms with Crippen LogP contribution in [0.5, 0.6) is 11.5 Å². The number of rotatable bonds is 10. The molecule has 0 unspecified atom stereocenters. The van der Waals surface area contributed by atoms with E-state index in [4.69, 9.17) is 9.47 Å². The number of likely N-dealkylation sites (tertiary alicyclic amines) is 1. The molecular weight excluding hydrogens is 352 g/mol. The van der Waals surface area contributed by atoms with Crippen molar-refractivity contribution in [3.8, 4) is 11.5 Å². The summed E-state index contributed by atoms with van der Waals surface area (Å²) in [5.41, 5.74) is 2.10. The zero-order valence-corrected chi connectivity index (χ0v) is 16.7. The van der Waals surface area contributed by atoms with Crippen molar-refractivity contribution in [1.29, 1.82) is 0 Å². The molecule has 1 heterocycles. The highest BCUT2D eigenvalue weighted by Gasteiger charge is 2.14. The molecule has 0 aromatic heterocycles. The third kappa shape index (κ3) is 5.99. The van der Waals surface area contributed by atoms with Crippen molar-refractivity contribution in [1.82, 2.24) is 4.90 Å². The van der Waals surface area contributed by atoms with Gasteiger partial charge in [0.05, 0.1) is 13.2 Å². The van der Waals surface area contributed by atoms with Gasteiger partial charge in [-0.15, -0.1) is 0 Å². The maximum absolute atomic E-state index is 12.4. The van der Waals surface area contributed by atoms with E-state index in [0.29, 0.717) is 26.1 Å². The average Bonchev–Trinajstić information content (AvgIpc) is 3.21. The van der Waals surface area contributed by atoms with Crippen molar-refractivity contribution >= 4 is 11.6 Å². The number of benzene rings is 2. The Labute approximate surface area is 167 Å². The van der Waals surface area contributed by atoms with Crippen LogP contribution in [0.1, 0.15) is 38.2 Å². The molecule has 1 aliphatic heterocycles. The molecule has 0 atom stereocenters. The van der Waals surface area contributed by atoms with Gasteiger partial charge in [0.1, 0.15) is 0 Å². The summed E-state index contributed by atoms with van der Waals surface area (Å²) in [5, 5.41) is 3.07. The minimum Gasteiger partial charge on any atom is -0.490 e. The number of ether oxygens (including phenoxy) is 2. The second-order valence-electron chi connectivity index (χ2n) is 7.02. The Hall–Kier alpha value is -2.53. The normalized spacial score (nSPS) is 14.0. The van der Waals surface area contributed by atoms with Crippen molar-refractivity contribution in [3.63, 3.8) is 0 Å². The number of para-hydroxylation sites is 3. The Morgan fingerprint density at radius 3 is 2.43 bits per heavy atom. The lowest BCUT2D eigenvalue weighted by Crippen LogP contribution is -2.20. The SMILES string of the molecule is CCOc1ccccc1OCCCC(=O)Nc1ccccc1CN1CCCC1. The number of anilines is 1. The van der Waals surface area contributed by atoms with Gasteiger partial charge in [-0.05, 0) is 63.0 Å². The van der Waals surface area contributed by atoms with E-state index in [2.05, 4.69) is 16.3 Å². The van der Waals surface area contributed by atoms with Gasteiger partial charge in [0.25, 0.3) is 0 Å². The Morgan fingerprint density at radius 2 is 1.68 bits per heavy atom. The summed E-state index contributed by atoms with van der Waals surface area (Å²) >= 11 is 0. The second kappa shape index (κ2) is 10.7. The van der Waals surface area contributed by atoms with E-state index in [1.54, 1.807) is 0 Å². The second-order valence-corrected chi connectivity index (χ2v) is 7.02. The molecule has 3 rings (SSSR count). The van der Waals surface area contributed by atoms with Crippen LogP contribution in [0.3, 0.4) is 0 Å². The molecule has 0 saturated carbocycles. The molecule has 0 aliphatic carbocycles. The molecule has 2 aromatic rings. The fraction of sp³-hybridized carbons (Fsp3) is 0.435. The quantitative estimate of drug-likeness (QED) is 0.616. The number of hydrogen-bond acceptors (Lipinski definition) is 4. The molecule has 2 aromatic carbocycles. The van der Waals surface area contributed by atoms with E-state index in [0.717, 1.165) is 36.8 Å². The molecule has 1 aliphatic rings. The van der Waals surface area contributed by atoms with Crippen molar-refractivity contribution < 1.29 is 14.3 Å². The third-order valence-electron chi connectivity index (χ3n) is 4.84. The smallest absolute Gasteiger partial charge is 0.224 e. The molecule has 1 N–H and O–H groups in total. The zero-order valence-electron chi connectivity index (χ0n) is 16.7. The van der Waals surface area contributed by atoms with E-state index in [1.165, 1.54) is 18.4 Å². The standard InChI is InChI=1S/C23H30N2O3/c1-2-27-21-12-5-6-13-22(21)28-17-9-14-23(26)24-20-11-4-3-10-19(20)18-25-15-7-8-16-25/h3-6,10-13H,2,7-9,14-18H2,1H3,(H,24,26). The summed E-state index contributed by atoms with van der Waals surface area (Å²) in [7, 11) is 0. The summed E-state index contributed by atoms with van der Waals surface area (Å²) < 4.78 is 11.3. The molecule has 5 nitrogen and oxygen atoms in total. The lowest BCUT2D eigenvalue weighted by atomic mass is 10.1. The maximum Gasteiger partial charge on any atom is 0.224 e. The van der Waals surface area contributed by atoms with E-state index < -0.39 is 0 Å². The van der Waals surface area contributed by atoms with Gasteiger partial charge in [0, 0.05) is 18.7 Å². The molecule has 1 amide bonds. The predicted molar refractivity (Wildman–Crippen MR) is 112 cm³/mol. The number of carbonyl (C=O) groups excluding carboxylic acids is 1. The average molecular weight is 383 g/mol. The third-order valence-corrected chi connectivity index (χ3v) is 4.84. The fourth-order valence-corrected chi connectivity index (χ4v) is 3.43. The summed E-state index contributed by atoms with van der Waals surface area (Å²) in [5.74, 6) is 1.49. The van der Waals surface area contributed by atoms with Gasteiger partial charge in [-0.2, -0.15) is 0 Å². The number of amides is 1. The van der Waals surface area contributed by atoms with Gasteiger partial charge in [-0.3, -0.25) is 9.69 Å². The van der Waals surface area contributed by atoms with E-state index >= 15 is 0 Å². The molecule has 0 bridgehead atoms. The highest BCUT2D eigenvalue weighted by atomic mass is 16.5. The van der Waals surface area contributed by atoms with Crippen molar-refractivity contribution in [2.75, 3.05) is 31.6 Å². The molecule has 1 fully saturated rings. The van der Waals surface area contributed by atoms with Crippen LogP contribution in [-0.4, -0.2) is 37.1 Å². The van der Waals surface area contributed by atoms with Crippen molar-refractivity contribution in [2.45, 2.75) is 39.2 Å². The monoisotopic (exact) mass is 382 g/mol. The van der Waals surface area contributed by atoms with Crippen LogP contribution in [-0.2, 0) is 11.3 Å². The topological polar surface area (TPSA) is 50.8 Å². The van der Waals surface area contributed by atoms with Crippen LogP contribution in [0.2, 0.25) is 0 Å². The maximum atomic E-state index is 12.4. The van der Waals surface area contributed by atoms with Crippen LogP contribution >= 0.6 is 0 Å². The molecule has 0 spiro atoms. The van der Waals surface area contributed by atoms with Crippen LogP contribution in [0.4, 0.5) is 5.69 Å². The van der Waals surface area contributed by atoms with Gasteiger partial charge in [0.15, 0.2) is 11.5 Å². The zero-order chi connectivity index (χ0) is 19.6. The molecule has 5 heteroatoms. The first-order valence-corrected chi connectivity index (χ1v) is 10.2. The van der Waals surface area contributed by atoms with Crippen LogP contribution < -0.4 is 14.8 Å². The first-order valence-electron chi connectivity index (χ1n) is 10.2. The molecule has 28 heavy (non-hydrogen) atoms. The molecular formula is C23H30N2O3. The highest BCUT2D eigenvalue weighted by molar-refractivity contribution is 5.91. The lowest BCUT2D eigenvalue weighted by Gasteiger charge is -2.18. The van der Waals surface area contributed by atoms with Crippen LogP contribution in [0.15, 0.2) is 48.5 Å². The Kier molecular flexibility index (Phi) is 7.73. The van der Waals surface area contributed by atoms with Gasteiger partial charge in [-0.1, -0.05) is 30.3 Å². The highest BCUT2D eigenvalue weighted by Crippen LogP contribution is 2.26. The van der Waals surface area contributed by atoms with E-state index in [-0.39, 0.29) is 5.91 Å². The van der Waals surface area contributed by atoms with E-state index in [9.17, 15) is 4.79 Å². The van der Waals surface area contributed by atoms with Crippen molar-refractivity contribution in [2.24, 2.45) is 0 Å². The largest absolute Gasteiger partial charge is 0.490 e. The molecule has 0 radical (unpaired) electrons. The summed E-state index contributed by atoms with van der Waals surface area (Å²) in [6.07, 6.45) is 3.61. The number of hydrogen-bond donors (Lipinski definition) is 1. The van der Waals surface area contributed by atoms with Crippen molar-refractivity contribution in [3.05, 3.63) is 54.1 Å². The summed E-state index contributed by atoms with van der Waals surface area (Å²) in [6, 6.07) is 15.7. The number of nitrogens with zero attached hydrogens (tertiary/aromatic N) is 1. The first kappa shape index (κ1) is 20.2. The number of carbonyl (C=O) groups is 1. The number of nitrogens with one attached hydrogen (secondary N) is 1. The van der Waals surface area contributed by atoms with Gasteiger partial charge < -0.3 is 14.8 Å². The van der Waals surface area contributed by atoms with E-state index in [1.807, 2.05) is 49.4 Å². The minimum atomic E-state index is 0.0237. The van der Waals surface area contributed by atoms with Gasteiger partial charge in [0.2, 0.25) is 5.91 Å². The Balaban J connectivity index is 1.45. The fourth-order valence-electron chi connectivity index (χ4n) is 3.43. The molecule has 150 valence electrons. The van der Waals surface area contributed by atoms with Gasteiger partial charge >= 0.3 is 0 Å². The van der Waals surface area contributed by atoms with Gasteiger partial charge in [-0.25, -0.2) is 0 Å². The summed E-state index contributed by atoms with van der Waals surface area (Å²) in [4.78, 5) is 14.8. The van der Waals surface area contributed by atoms with Crippen LogP contribution in [0.25, 0.3) is 0 Å². The predicted octanol–water partition coefficient (Wildman–Crippen LogP) is 4.48.